The topological polar surface area (TPSA) is 700 Å². The van der Waals surface area contributed by atoms with Crippen molar-refractivity contribution in [1.29, 1.82) is 0 Å². The van der Waals surface area contributed by atoms with E-state index in [-0.39, 0.29) is 110 Å². The Bertz CT molecular complexity index is 4810. The number of nitrogen functional groups attached to an aromatic ring is 2. The number of carbonyl (C=O) groups is 7. The standard InChI is InChI=1S/C58H86N16O18P2.C10H12N5O3.Co/c1-25(91-94(87,88)92-93(85,86)89-23-33-45(82)46(83)52(90-33)74-24-67-44-50(74)71-53(65)72-51(44)84)22-66-41(81)16-17-55(6)31(18-38(62)78)49-58(9)57(8,21-40(64)80)30(12-15-37(61)77)43(73-58)27(3)48-56(7,20-39(63)79)28(10-13-35(59)75)32(68-48)19-34-54(4,5)29(11-14-36(60)76)42(69-34)26(2)47(55)70-49;1-4-6(16)7(17)10(18-4)15-3-14-5-8(11)12-2-13-9(5)15;/h19,24-25,28-31,33,45-46,49,52,82-83H,10-18,20-23H2,1-9H3,(H19,59,60,61,62,63,64,65,66,68,69,70,71,72,73,75,76,77,78,79,80,81,84,85,86,87,88);2-4,6-7,10,16-17H,1H2,(H2,11,12,13);/q;-1;+2/p-1. The third-order valence-corrected chi connectivity index (χ3v) is 25.7. The number of aromatic nitrogens is 8. The third-order valence-electron chi connectivity index (χ3n) is 22.9. The summed E-state index contributed by atoms with van der Waals surface area (Å²) in [5.41, 5.74) is 44.0. The molecule has 11 rings (SSSR count). The van der Waals surface area contributed by atoms with E-state index in [2.05, 4.69) is 46.5 Å². The largest absolute Gasteiger partial charge is 2.00 e. The average Bonchev–Trinajstić information content (AvgIpc) is 1.53. The van der Waals surface area contributed by atoms with Gasteiger partial charge in [-0.1, -0.05) is 40.7 Å². The van der Waals surface area contributed by atoms with Gasteiger partial charge >= 0.3 is 32.4 Å². The summed E-state index contributed by atoms with van der Waals surface area (Å²) in [4.78, 5) is 165. The van der Waals surface area contributed by atoms with Crippen LogP contribution in [0, 0.1) is 52.3 Å². The van der Waals surface area contributed by atoms with Crippen LogP contribution < -0.4 is 56.7 Å². The van der Waals surface area contributed by atoms with E-state index in [1.165, 1.54) is 24.1 Å². The quantitative estimate of drug-likeness (QED) is 0.0251. The molecule has 7 amide bonds. The molecule has 4 aromatic rings. The molecule has 113 heavy (non-hydrogen) atoms. The van der Waals surface area contributed by atoms with Gasteiger partial charge in [-0.2, -0.15) is 15.0 Å². The number of aliphatic hydroxyl groups is 4. The second-order valence-electron chi connectivity index (χ2n) is 30.9. The molecule has 8 bridgehead atoms. The van der Waals surface area contributed by atoms with Gasteiger partial charge in [0.15, 0.2) is 35.1 Å². The number of H-pyrrole nitrogens is 1. The fraction of sp³-hybridized carbons (Fsp3) is 0.603. The first-order valence-electron chi connectivity index (χ1n) is 35.9. The number of primary amides is 6. The van der Waals surface area contributed by atoms with Gasteiger partial charge in [-0.25, -0.2) is 29.1 Å². The van der Waals surface area contributed by atoms with Gasteiger partial charge in [0.2, 0.25) is 47.3 Å². The molecule has 45 heteroatoms. The maximum Gasteiger partial charge on any atom is 2.00 e. The third kappa shape index (κ3) is 17.5. The van der Waals surface area contributed by atoms with Crippen LogP contribution in [0.3, 0.4) is 0 Å². The van der Waals surface area contributed by atoms with Crippen molar-refractivity contribution in [2.24, 2.45) is 94.7 Å². The molecule has 42 nitrogen and oxygen atoms in total. The van der Waals surface area contributed by atoms with Crippen LogP contribution in [0.5, 0.6) is 0 Å². The minimum atomic E-state index is -5.56. The van der Waals surface area contributed by atoms with Crippen LogP contribution >= 0.6 is 15.6 Å². The van der Waals surface area contributed by atoms with Gasteiger partial charge < -0.3 is 103 Å². The Kier molecular flexibility index (Phi) is 26.0. The molecule has 3 fully saturated rings. The second-order valence-corrected chi connectivity index (χ2v) is 33.9. The molecular weight excluding hydrogens is 1570 g/mol. The van der Waals surface area contributed by atoms with E-state index in [0.717, 1.165) is 10.9 Å². The Morgan fingerprint density at radius 3 is 1.88 bits per heavy atom. The fourth-order valence-electron chi connectivity index (χ4n) is 17.0. The summed E-state index contributed by atoms with van der Waals surface area (Å²) in [6.07, 6.45) is -7.62. The number of aromatic amines is 1. The van der Waals surface area contributed by atoms with Crippen molar-refractivity contribution in [3.63, 3.8) is 0 Å². The van der Waals surface area contributed by atoms with Crippen molar-refractivity contribution in [2.45, 2.75) is 200 Å². The molecule has 0 saturated carbocycles. The number of carbonyl (C=O) groups excluding carboxylic acids is 7. The van der Waals surface area contributed by atoms with Crippen LogP contribution in [0.2, 0.25) is 0 Å². The van der Waals surface area contributed by atoms with Crippen molar-refractivity contribution < 1.29 is 113 Å². The number of fused-ring (bicyclic) bond motifs is 8. The number of amides is 7. The maximum absolute atomic E-state index is 14.3. The van der Waals surface area contributed by atoms with Gasteiger partial charge in [0, 0.05) is 108 Å². The molecule has 1 radical (unpaired) electrons. The number of anilines is 2. The number of ether oxygens (including phenoxy) is 2. The van der Waals surface area contributed by atoms with Crippen LogP contribution in [0.15, 0.2) is 73.1 Å². The molecule has 3 saturated heterocycles. The molecule has 7 aliphatic rings. The average molecular weight is 1670 g/mol. The second kappa shape index (κ2) is 33.3. The Balaban J connectivity index is 0.000000669. The molecule has 24 N–H and O–H groups in total. The van der Waals surface area contributed by atoms with E-state index < -0.39 is 188 Å². The minimum absolute atomic E-state index is 0. The summed E-state index contributed by atoms with van der Waals surface area (Å²) in [6.45, 7) is 17.9. The molecule has 0 spiro atoms. The van der Waals surface area contributed by atoms with Crippen LogP contribution in [0.4, 0.5) is 11.8 Å². The van der Waals surface area contributed by atoms with Crippen LogP contribution in [0.1, 0.15) is 145 Å². The van der Waals surface area contributed by atoms with E-state index in [1.807, 2.05) is 13.8 Å². The molecule has 11 heterocycles. The number of aliphatic imine (C=N–C) groups is 3. The zero-order valence-corrected chi connectivity index (χ0v) is 66.2. The van der Waals surface area contributed by atoms with Crippen molar-refractivity contribution in [3.8, 4) is 0 Å². The molecule has 619 valence electrons. The number of allylic oxidation sites excluding steroid dienone is 6. The van der Waals surface area contributed by atoms with E-state index in [0.29, 0.717) is 56.5 Å². The van der Waals surface area contributed by atoms with Gasteiger partial charge in [0.1, 0.15) is 36.3 Å². The number of phosphoric acid groups is 2. The van der Waals surface area contributed by atoms with Crippen LogP contribution in [-0.2, 0) is 82.3 Å². The SMILES string of the molecule is CC1=C2N=C(C=C3N=C(C(C)=C4[N-]C(C(CC(N)=O)C4(C)CCC(=O)NCC(C)OP(=O)(O)OP(=O)(O)OCC4OC(n5cnc6c(=O)[nH]c(N)nc65)C(O)C4O)C4(C)N=C1C(CCC(N)=O)C4(C)CC(N)=O)C(CCC(N)=O)C3(C)C)C(CCC(N)=O)C2(C)CC(N)=O.[CH2-]C1OC(n2cnc3c(N)ncnc32)C(O)C1O.[Co+2]. The zero-order valence-electron chi connectivity index (χ0n) is 63.4. The van der Waals surface area contributed by atoms with Crippen LogP contribution in [0.25, 0.3) is 27.6 Å². The summed E-state index contributed by atoms with van der Waals surface area (Å²) in [5, 5.41) is 49.3. The van der Waals surface area contributed by atoms with Gasteiger partial charge in [-0.15, -0.1) is 0 Å². The van der Waals surface area contributed by atoms with Crippen molar-refractivity contribution in [3.05, 3.63) is 75.9 Å². The Morgan fingerprint density at radius 1 is 0.708 bits per heavy atom. The smallest absolute Gasteiger partial charge is 0.682 e. The number of hydrogen-bond acceptors (Lipinski definition) is 29. The first-order valence-corrected chi connectivity index (χ1v) is 38.9. The van der Waals surface area contributed by atoms with Gasteiger partial charge in [0.25, 0.3) is 5.56 Å². The summed E-state index contributed by atoms with van der Waals surface area (Å²) in [7, 11) is -11.1. The Labute approximate surface area is 657 Å². The number of imidazole rings is 2. The fourth-order valence-corrected chi connectivity index (χ4v) is 19.3. The Hall–Kier alpha value is -8.65. The molecule has 20 atom stereocenters. The van der Waals surface area contributed by atoms with Crippen molar-refractivity contribution in [1.82, 2.24) is 44.4 Å². The minimum Gasteiger partial charge on any atom is -0.682 e. The molecule has 0 aliphatic carbocycles. The first-order chi connectivity index (χ1) is 52.1. The number of hydrogen-bond donors (Lipinski definition) is 16. The Morgan fingerprint density at radius 2 is 1.29 bits per heavy atom. The number of phosphoric ester groups is 2. The monoisotopic (exact) mass is 1660 g/mol. The van der Waals surface area contributed by atoms with E-state index in [1.54, 1.807) is 47.6 Å². The summed E-state index contributed by atoms with van der Waals surface area (Å²) in [6, 6.07) is -1.11. The molecule has 20 unspecified atom stereocenters. The maximum atomic E-state index is 14.3. The van der Waals surface area contributed by atoms with E-state index in [4.69, 9.17) is 84.7 Å². The molecule has 0 aromatic carbocycles. The normalized spacial score (nSPS) is 31.6. The first kappa shape index (κ1) is 88.3. The number of rotatable bonds is 29. The molecule has 4 aromatic heterocycles. The number of nitrogens with one attached hydrogen (secondary N) is 2. The summed E-state index contributed by atoms with van der Waals surface area (Å²) >= 11 is 0. The van der Waals surface area contributed by atoms with E-state index in [9.17, 15) is 77.7 Å². The van der Waals surface area contributed by atoms with E-state index >= 15 is 0 Å². The zero-order chi connectivity index (χ0) is 82.8. The van der Waals surface area contributed by atoms with Crippen molar-refractivity contribution >= 4 is 108 Å². The summed E-state index contributed by atoms with van der Waals surface area (Å²) < 4.78 is 54.5. The number of aliphatic hydroxyl groups excluding tert-OH is 4. The molecule has 7 aliphatic heterocycles. The van der Waals surface area contributed by atoms with Gasteiger partial charge in [0.05, 0.1) is 42.7 Å². The van der Waals surface area contributed by atoms with Gasteiger partial charge in [-0.3, -0.25) is 76.5 Å². The summed E-state index contributed by atoms with van der Waals surface area (Å²) in [5.74, 6) is -7.90. The number of nitrogens with two attached hydrogens (primary N) is 8. The molecular formula is C68H97CoN21O21P2. The predicted molar refractivity (Wildman–Crippen MR) is 399 cm³/mol. The van der Waals surface area contributed by atoms with Crippen molar-refractivity contribution in [2.75, 3.05) is 24.6 Å². The van der Waals surface area contributed by atoms with Crippen LogP contribution in [-0.4, -0.2) is 195 Å². The number of nitrogens with zero attached hydrogens (tertiary/aromatic N) is 11. The van der Waals surface area contributed by atoms with Gasteiger partial charge in [-0.05, 0) is 88.0 Å². The predicted octanol–water partition coefficient (Wildman–Crippen LogP) is -0.0277.